The van der Waals surface area contributed by atoms with Crippen molar-refractivity contribution in [2.45, 2.75) is 26.3 Å². The van der Waals surface area contributed by atoms with Gasteiger partial charge in [-0.2, -0.15) is 0 Å². The Bertz CT molecular complexity index is 471. The van der Waals surface area contributed by atoms with Gasteiger partial charge < -0.3 is 15.3 Å². The van der Waals surface area contributed by atoms with Gasteiger partial charge in [0, 0.05) is 20.1 Å². The van der Waals surface area contributed by atoms with Crippen molar-refractivity contribution in [3.05, 3.63) is 17.8 Å². The van der Waals surface area contributed by atoms with Crippen LogP contribution < -0.4 is 5.32 Å². The molecule has 1 rings (SSSR count). The van der Waals surface area contributed by atoms with Crippen LogP contribution in [0.15, 0.2) is 12.1 Å². The van der Waals surface area contributed by atoms with Crippen LogP contribution in [-0.4, -0.2) is 52.2 Å². The van der Waals surface area contributed by atoms with E-state index >= 15 is 0 Å². The minimum Gasteiger partial charge on any atom is -0.481 e. The Labute approximate surface area is 118 Å². The van der Waals surface area contributed by atoms with E-state index in [4.69, 9.17) is 5.11 Å². The zero-order valence-corrected chi connectivity index (χ0v) is 12.1. The monoisotopic (exact) mass is 280 g/mol. The molecule has 0 aliphatic heterocycles. The Morgan fingerprint density at radius 2 is 1.95 bits per heavy atom. The van der Waals surface area contributed by atoms with Crippen LogP contribution in [0.3, 0.4) is 0 Å². The Hall–Kier alpha value is -2.18. The topological polar surface area (TPSA) is 95.4 Å². The van der Waals surface area contributed by atoms with E-state index in [-0.39, 0.29) is 30.0 Å². The van der Waals surface area contributed by atoms with Gasteiger partial charge in [-0.25, -0.2) is 0 Å². The molecule has 0 saturated carbocycles. The number of anilines is 1. The van der Waals surface area contributed by atoms with Gasteiger partial charge in [0.05, 0.1) is 6.42 Å². The molecule has 0 fully saturated rings. The number of carboxylic acids is 1. The first kappa shape index (κ1) is 15.9. The first-order valence-electron chi connectivity index (χ1n) is 6.35. The van der Waals surface area contributed by atoms with Gasteiger partial charge in [0.1, 0.15) is 5.82 Å². The van der Waals surface area contributed by atoms with Gasteiger partial charge in [-0.15, -0.1) is 10.2 Å². The zero-order chi connectivity index (χ0) is 15.3. The van der Waals surface area contributed by atoms with E-state index in [1.54, 1.807) is 26.2 Å². The predicted molar refractivity (Wildman–Crippen MR) is 74.6 cm³/mol. The zero-order valence-electron chi connectivity index (χ0n) is 12.1. The number of nitrogens with zero attached hydrogens (tertiary/aromatic N) is 3. The van der Waals surface area contributed by atoms with Crippen molar-refractivity contribution in [1.29, 1.82) is 0 Å². The standard InChI is InChI=1S/C13H20N4O3/c1-8(2)10(7-12(18)19)14-11-6-5-9(15-16-11)13(20)17(3)4/h5-6,8,10H,7H2,1-4H3,(H,14,16)(H,18,19). The summed E-state index contributed by atoms with van der Waals surface area (Å²) in [7, 11) is 3.27. The van der Waals surface area contributed by atoms with Crippen molar-refractivity contribution >= 4 is 17.7 Å². The lowest BCUT2D eigenvalue weighted by atomic mass is 10.0. The number of nitrogens with one attached hydrogen (secondary N) is 1. The highest BCUT2D eigenvalue weighted by Crippen LogP contribution is 2.13. The van der Waals surface area contributed by atoms with E-state index in [9.17, 15) is 9.59 Å². The number of carbonyl (C=O) groups is 2. The first-order valence-corrected chi connectivity index (χ1v) is 6.35. The summed E-state index contributed by atoms with van der Waals surface area (Å²) >= 11 is 0. The van der Waals surface area contributed by atoms with E-state index in [0.29, 0.717) is 5.82 Å². The van der Waals surface area contributed by atoms with E-state index in [2.05, 4.69) is 15.5 Å². The Morgan fingerprint density at radius 3 is 2.35 bits per heavy atom. The lowest BCUT2D eigenvalue weighted by Gasteiger charge is -2.20. The molecule has 0 aliphatic carbocycles. The predicted octanol–water partition coefficient (Wildman–Crippen LogP) is 1.09. The second-order valence-corrected chi connectivity index (χ2v) is 5.10. The lowest BCUT2D eigenvalue weighted by molar-refractivity contribution is -0.137. The van der Waals surface area contributed by atoms with Crippen molar-refractivity contribution in [3.8, 4) is 0 Å². The Balaban J connectivity index is 2.77. The molecule has 20 heavy (non-hydrogen) atoms. The molecule has 1 unspecified atom stereocenters. The quantitative estimate of drug-likeness (QED) is 0.810. The van der Waals surface area contributed by atoms with Gasteiger partial charge in [0.2, 0.25) is 0 Å². The molecule has 7 nitrogen and oxygen atoms in total. The molecule has 1 aromatic rings. The Morgan fingerprint density at radius 1 is 1.30 bits per heavy atom. The average Bonchev–Trinajstić information content (AvgIpc) is 2.37. The van der Waals surface area contributed by atoms with Crippen LogP contribution >= 0.6 is 0 Å². The third-order valence-electron chi connectivity index (χ3n) is 2.82. The average molecular weight is 280 g/mol. The number of aromatic nitrogens is 2. The number of hydrogen-bond donors (Lipinski definition) is 2. The number of amides is 1. The second-order valence-electron chi connectivity index (χ2n) is 5.10. The molecular weight excluding hydrogens is 260 g/mol. The fraction of sp³-hybridized carbons (Fsp3) is 0.538. The molecule has 2 N–H and O–H groups in total. The molecule has 110 valence electrons. The largest absolute Gasteiger partial charge is 0.481 e. The molecule has 0 aliphatic rings. The van der Waals surface area contributed by atoms with Crippen LogP contribution in [0, 0.1) is 5.92 Å². The molecule has 7 heteroatoms. The summed E-state index contributed by atoms with van der Waals surface area (Å²) in [5, 5.41) is 19.6. The van der Waals surface area contributed by atoms with Crippen LogP contribution in [0.25, 0.3) is 0 Å². The fourth-order valence-electron chi connectivity index (χ4n) is 1.58. The summed E-state index contributed by atoms with van der Waals surface area (Å²) in [6, 6.07) is 2.95. The molecule has 0 bridgehead atoms. The van der Waals surface area contributed by atoms with Crippen LogP contribution in [-0.2, 0) is 4.79 Å². The summed E-state index contributed by atoms with van der Waals surface area (Å²) < 4.78 is 0. The minimum atomic E-state index is -0.872. The van der Waals surface area contributed by atoms with E-state index in [1.807, 2.05) is 13.8 Å². The summed E-state index contributed by atoms with van der Waals surface area (Å²) in [6.07, 6.45) is -0.00226. The van der Waals surface area contributed by atoms with Crippen LogP contribution in [0.1, 0.15) is 30.8 Å². The van der Waals surface area contributed by atoms with Crippen LogP contribution in [0.5, 0.6) is 0 Å². The van der Waals surface area contributed by atoms with E-state index in [0.717, 1.165) is 0 Å². The summed E-state index contributed by atoms with van der Waals surface area (Å²) in [5.41, 5.74) is 0.250. The van der Waals surface area contributed by atoms with Gasteiger partial charge in [-0.05, 0) is 18.1 Å². The van der Waals surface area contributed by atoms with Crippen molar-refractivity contribution in [2.75, 3.05) is 19.4 Å². The first-order chi connectivity index (χ1) is 9.31. The highest BCUT2D eigenvalue weighted by Gasteiger charge is 2.18. The normalized spacial score (nSPS) is 12.1. The number of carboxylic acid groups (broad SMARTS) is 1. The summed E-state index contributed by atoms with van der Waals surface area (Å²) in [4.78, 5) is 23.9. The molecule has 1 amide bonds. The number of carbonyl (C=O) groups excluding carboxylic acids is 1. The molecule has 1 atom stereocenters. The van der Waals surface area contributed by atoms with Crippen molar-refractivity contribution in [3.63, 3.8) is 0 Å². The summed E-state index contributed by atoms with van der Waals surface area (Å²) in [5.74, 6) is -0.505. The van der Waals surface area contributed by atoms with Crippen LogP contribution in [0.2, 0.25) is 0 Å². The molecule has 0 saturated heterocycles. The SMILES string of the molecule is CC(C)C(CC(=O)O)Nc1ccc(C(=O)N(C)C)nn1. The molecular formula is C13H20N4O3. The molecule has 0 spiro atoms. The molecule has 1 heterocycles. The fourth-order valence-corrected chi connectivity index (χ4v) is 1.58. The van der Waals surface area contributed by atoms with Crippen molar-refractivity contribution < 1.29 is 14.7 Å². The van der Waals surface area contributed by atoms with E-state index < -0.39 is 5.97 Å². The molecule has 1 aromatic heterocycles. The van der Waals surface area contributed by atoms with Gasteiger partial charge in [0.15, 0.2) is 5.69 Å². The lowest BCUT2D eigenvalue weighted by Crippen LogP contribution is -2.29. The Kier molecular flexibility index (Phi) is 5.42. The minimum absolute atomic E-state index is 0.00226. The maximum atomic E-state index is 11.7. The summed E-state index contributed by atoms with van der Waals surface area (Å²) in [6.45, 7) is 3.86. The second kappa shape index (κ2) is 6.83. The molecule has 0 radical (unpaired) electrons. The van der Waals surface area contributed by atoms with Crippen molar-refractivity contribution in [1.82, 2.24) is 15.1 Å². The maximum Gasteiger partial charge on any atom is 0.305 e. The maximum absolute atomic E-state index is 11.7. The number of rotatable bonds is 6. The smallest absolute Gasteiger partial charge is 0.305 e. The third kappa shape index (κ3) is 4.49. The van der Waals surface area contributed by atoms with Gasteiger partial charge >= 0.3 is 5.97 Å². The van der Waals surface area contributed by atoms with Gasteiger partial charge in [-0.1, -0.05) is 13.8 Å². The third-order valence-corrected chi connectivity index (χ3v) is 2.82. The van der Waals surface area contributed by atoms with Gasteiger partial charge in [-0.3, -0.25) is 9.59 Å². The van der Waals surface area contributed by atoms with Crippen molar-refractivity contribution in [2.24, 2.45) is 5.92 Å². The number of hydrogen-bond acceptors (Lipinski definition) is 5. The number of aliphatic carboxylic acids is 1. The van der Waals surface area contributed by atoms with Gasteiger partial charge in [0.25, 0.3) is 5.91 Å². The molecule has 0 aromatic carbocycles. The van der Waals surface area contributed by atoms with E-state index in [1.165, 1.54) is 4.90 Å². The van der Waals surface area contributed by atoms with Crippen LogP contribution in [0.4, 0.5) is 5.82 Å². The highest BCUT2D eigenvalue weighted by molar-refractivity contribution is 5.91. The highest BCUT2D eigenvalue weighted by atomic mass is 16.4.